The summed E-state index contributed by atoms with van der Waals surface area (Å²) in [6.07, 6.45) is 2.90. The fraction of sp³-hybridized carbons (Fsp3) is 0.318. The first kappa shape index (κ1) is 20.2. The maximum Gasteiger partial charge on any atom is 0.409 e. The predicted molar refractivity (Wildman–Crippen MR) is 116 cm³/mol. The molecule has 0 spiro atoms. The minimum absolute atomic E-state index is 0.0134. The SMILES string of the molecule is CCOC(=O)N1CCC(NC(=O)c2cn(-c3ccccc3)nc2-c2cccs2)CC1. The van der Waals surface area contributed by atoms with Crippen LogP contribution in [0.5, 0.6) is 0 Å². The normalized spacial score (nSPS) is 14.5. The van der Waals surface area contributed by atoms with Gasteiger partial charge >= 0.3 is 6.09 Å². The second-order valence-corrected chi connectivity index (χ2v) is 8.03. The third-order valence-corrected chi connectivity index (χ3v) is 5.97. The number of aromatic nitrogens is 2. The second-order valence-electron chi connectivity index (χ2n) is 7.08. The molecule has 1 aromatic carbocycles. The third-order valence-electron chi connectivity index (χ3n) is 5.09. The number of amides is 2. The minimum Gasteiger partial charge on any atom is -0.450 e. The van der Waals surface area contributed by atoms with E-state index >= 15 is 0 Å². The molecule has 0 saturated carbocycles. The smallest absolute Gasteiger partial charge is 0.409 e. The van der Waals surface area contributed by atoms with Crippen LogP contribution in [0.1, 0.15) is 30.1 Å². The molecule has 3 heterocycles. The van der Waals surface area contributed by atoms with Gasteiger partial charge in [-0.1, -0.05) is 24.3 Å². The van der Waals surface area contributed by atoms with Crippen molar-refractivity contribution < 1.29 is 14.3 Å². The molecule has 0 bridgehead atoms. The molecule has 30 heavy (non-hydrogen) atoms. The summed E-state index contributed by atoms with van der Waals surface area (Å²) >= 11 is 1.56. The second kappa shape index (κ2) is 9.13. The van der Waals surface area contributed by atoms with Crippen molar-refractivity contribution in [3.05, 3.63) is 59.6 Å². The summed E-state index contributed by atoms with van der Waals surface area (Å²) in [5, 5.41) is 9.79. The molecule has 0 radical (unpaired) electrons. The van der Waals surface area contributed by atoms with Gasteiger partial charge in [0.1, 0.15) is 5.69 Å². The van der Waals surface area contributed by atoms with Gasteiger partial charge < -0.3 is 15.0 Å². The first-order valence-electron chi connectivity index (χ1n) is 10.1. The maximum atomic E-state index is 13.1. The fourth-order valence-electron chi connectivity index (χ4n) is 3.53. The highest BCUT2D eigenvalue weighted by Crippen LogP contribution is 2.28. The number of piperidine rings is 1. The van der Waals surface area contributed by atoms with Crippen LogP contribution in [0.2, 0.25) is 0 Å². The zero-order valence-electron chi connectivity index (χ0n) is 16.8. The molecule has 0 aliphatic carbocycles. The molecule has 3 aromatic rings. The number of carbonyl (C=O) groups excluding carboxylic acids is 2. The molecule has 0 unspecified atom stereocenters. The Bertz CT molecular complexity index is 993. The van der Waals surface area contributed by atoms with Gasteiger partial charge in [0.15, 0.2) is 0 Å². The summed E-state index contributed by atoms with van der Waals surface area (Å²) in [4.78, 5) is 27.6. The van der Waals surface area contributed by atoms with Crippen molar-refractivity contribution in [2.45, 2.75) is 25.8 Å². The van der Waals surface area contributed by atoms with Gasteiger partial charge in [0.05, 0.1) is 22.7 Å². The average Bonchev–Trinajstić information content (AvgIpc) is 3.45. The molecular formula is C22H24N4O3S. The van der Waals surface area contributed by atoms with E-state index in [9.17, 15) is 9.59 Å². The molecule has 1 aliphatic heterocycles. The minimum atomic E-state index is -0.286. The number of likely N-dealkylation sites (tertiary alicyclic amines) is 1. The van der Waals surface area contributed by atoms with Gasteiger partial charge in [0.25, 0.3) is 5.91 Å². The summed E-state index contributed by atoms with van der Waals surface area (Å²) in [5.41, 5.74) is 2.13. The lowest BCUT2D eigenvalue weighted by molar-refractivity contribution is 0.0860. The number of hydrogen-bond acceptors (Lipinski definition) is 5. The van der Waals surface area contributed by atoms with Gasteiger partial charge in [-0.25, -0.2) is 9.48 Å². The van der Waals surface area contributed by atoms with Gasteiger partial charge in [-0.2, -0.15) is 5.10 Å². The molecular weight excluding hydrogens is 400 g/mol. The highest BCUT2D eigenvalue weighted by atomic mass is 32.1. The Balaban J connectivity index is 1.50. The van der Waals surface area contributed by atoms with Crippen LogP contribution in [0.3, 0.4) is 0 Å². The van der Waals surface area contributed by atoms with E-state index in [0.29, 0.717) is 43.8 Å². The van der Waals surface area contributed by atoms with Crippen molar-refractivity contribution in [3.63, 3.8) is 0 Å². The van der Waals surface area contributed by atoms with Gasteiger partial charge in [0.2, 0.25) is 0 Å². The fourth-order valence-corrected chi connectivity index (χ4v) is 4.26. The molecule has 2 aromatic heterocycles. The van der Waals surface area contributed by atoms with Crippen LogP contribution in [0.4, 0.5) is 4.79 Å². The largest absolute Gasteiger partial charge is 0.450 e. The first-order valence-corrected chi connectivity index (χ1v) is 10.9. The number of para-hydroxylation sites is 1. The van der Waals surface area contributed by atoms with E-state index in [1.165, 1.54) is 0 Å². The highest BCUT2D eigenvalue weighted by Gasteiger charge is 2.26. The Morgan fingerprint density at radius 2 is 1.93 bits per heavy atom. The van der Waals surface area contributed by atoms with Crippen molar-refractivity contribution in [2.24, 2.45) is 0 Å². The van der Waals surface area contributed by atoms with Gasteiger partial charge in [-0.15, -0.1) is 11.3 Å². The number of thiophene rings is 1. The number of nitrogens with zero attached hydrogens (tertiary/aromatic N) is 3. The molecule has 4 rings (SSSR count). The average molecular weight is 425 g/mol. The van der Waals surface area contributed by atoms with E-state index in [-0.39, 0.29) is 18.0 Å². The Hall–Kier alpha value is -3.13. The molecule has 1 saturated heterocycles. The number of ether oxygens (including phenoxy) is 1. The van der Waals surface area contributed by atoms with Crippen LogP contribution < -0.4 is 5.32 Å². The van der Waals surface area contributed by atoms with Crippen molar-refractivity contribution >= 4 is 23.3 Å². The molecule has 0 atom stereocenters. The van der Waals surface area contributed by atoms with E-state index in [1.807, 2.05) is 47.8 Å². The highest BCUT2D eigenvalue weighted by molar-refractivity contribution is 7.13. The lowest BCUT2D eigenvalue weighted by Crippen LogP contribution is -2.46. The number of hydrogen-bond donors (Lipinski definition) is 1. The Kier molecular flexibility index (Phi) is 6.13. The zero-order valence-corrected chi connectivity index (χ0v) is 17.6. The number of benzene rings is 1. The Labute approximate surface area is 179 Å². The molecule has 156 valence electrons. The van der Waals surface area contributed by atoms with Crippen molar-refractivity contribution in [3.8, 4) is 16.3 Å². The Morgan fingerprint density at radius 1 is 1.17 bits per heavy atom. The molecule has 1 N–H and O–H groups in total. The van der Waals surface area contributed by atoms with Gasteiger partial charge in [-0.3, -0.25) is 4.79 Å². The summed E-state index contributed by atoms with van der Waals surface area (Å²) in [6.45, 7) is 3.31. The summed E-state index contributed by atoms with van der Waals surface area (Å²) in [5.74, 6) is -0.143. The summed E-state index contributed by atoms with van der Waals surface area (Å²) in [6, 6.07) is 13.7. The van der Waals surface area contributed by atoms with Crippen molar-refractivity contribution in [2.75, 3.05) is 19.7 Å². The van der Waals surface area contributed by atoms with Crippen LogP contribution in [-0.2, 0) is 4.74 Å². The van der Waals surface area contributed by atoms with Crippen LogP contribution in [-0.4, -0.2) is 52.4 Å². The molecule has 1 aliphatic rings. The van der Waals surface area contributed by atoms with E-state index in [2.05, 4.69) is 10.4 Å². The van der Waals surface area contributed by atoms with E-state index < -0.39 is 0 Å². The molecule has 8 heteroatoms. The van der Waals surface area contributed by atoms with E-state index in [4.69, 9.17) is 4.74 Å². The maximum absolute atomic E-state index is 13.1. The number of nitrogens with one attached hydrogen (secondary N) is 1. The third kappa shape index (κ3) is 4.38. The first-order chi connectivity index (χ1) is 14.7. The standard InChI is InChI=1S/C22H24N4O3S/c1-2-29-22(28)25-12-10-16(11-13-25)23-21(27)18-15-26(17-7-4-3-5-8-17)24-20(18)19-9-6-14-30-19/h3-9,14-16H,2,10-13H2,1H3,(H,23,27). The predicted octanol–water partition coefficient (Wildman–Crippen LogP) is 3.95. The number of rotatable bonds is 5. The lowest BCUT2D eigenvalue weighted by atomic mass is 10.0. The molecule has 2 amide bonds. The quantitative estimate of drug-likeness (QED) is 0.673. The Morgan fingerprint density at radius 3 is 2.60 bits per heavy atom. The molecule has 1 fully saturated rings. The van der Waals surface area contributed by atoms with Crippen LogP contribution in [0, 0.1) is 0 Å². The van der Waals surface area contributed by atoms with Crippen molar-refractivity contribution in [1.82, 2.24) is 20.0 Å². The zero-order chi connectivity index (χ0) is 20.9. The monoisotopic (exact) mass is 424 g/mol. The number of carbonyl (C=O) groups is 2. The van der Waals surface area contributed by atoms with Crippen LogP contribution in [0.15, 0.2) is 54.0 Å². The molecule has 7 nitrogen and oxygen atoms in total. The van der Waals surface area contributed by atoms with E-state index in [1.54, 1.807) is 34.0 Å². The van der Waals surface area contributed by atoms with Gasteiger partial charge in [0, 0.05) is 25.3 Å². The van der Waals surface area contributed by atoms with Crippen LogP contribution >= 0.6 is 11.3 Å². The summed E-state index contributed by atoms with van der Waals surface area (Å²) < 4.78 is 6.80. The van der Waals surface area contributed by atoms with Crippen LogP contribution in [0.25, 0.3) is 16.3 Å². The summed E-state index contributed by atoms with van der Waals surface area (Å²) in [7, 11) is 0. The van der Waals surface area contributed by atoms with Crippen molar-refractivity contribution in [1.29, 1.82) is 0 Å². The van der Waals surface area contributed by atoms with Gasteiger partial charge in [-0.05, 0) is 43.3 Å². The lowest BCUT2D eigenvalue weighted by Gasteiger charge is -2.31. The topological polar surface area (TPSA) is 76.5 Å². The van der Waals surface area contributed by atoms with E-state index in [0.717, 1.165) is 10.6 Å².